The maximum atomic E-state index is 5.91. The molecule has 1 aliphatic carbocycles. The van der Waals surface area contributed by atoms with Gasteiger partial charge in [-0.2, -0.15) is 0 Å². The van der Waals surface area contributed by atoms with Crippen LogP contribution in [0, 0.1) is 6.92 Å². The molecular formula is C12H18ClN3O. The molecule has 2 unspecified atom stereocenters. The maximum Gasteiger partial charge on any atom is 0.134 e. The van der Waals surface area contributed by atoms with Crippen LogP contribution in [0.3, 0.4) is 0 Å². The summed E-state index contributed by atoms with van der Waals surface area (Å²) >= 11 is 5.91. The summed E-state index contributed by atoms with van der Waals surface area (Å²) in [6, 6.07) is 2.18. The van der Waals surface area contributed by atoms with E-state index in [0.29, 0.717) is 23.1 Å². The van der Waals surface area contributed by atoms with Gasteiger partial charge >= 0.3 is 0 Å². The minimum absolute atomic E-state index is 0.361. The molecule has 94 valence electrons. The lowest BCUT2D eigenvalue weighted by Gasteiger charge is -2.29. The summed E-state index contributed by atoms with van der Waals surface area (Å²) in [6.07, 6.45) is 4.88. The number of aromatic nitrogens is 2. The molecule has 0 bridgehead atoms. The number of hydrogen-bond donors (Lipinski definition) is 1. The zero-order chi connectivity index (χ0) is 12.3. The summed E-state index contributed by atoms with van der Waals surface area (Å²) in [6.45, 7) is 1.84. The summed E-state index contributed by atoms with van der Waals surface area (Å²) < 4.78 is 5.41. The molecule has 2 atom stereocenters. The van der Waals surface area contributed by atoms with E-state index in [2.05, 4.69) is 15.3 Å². The van der Waals surface area contributed by atoms with Gasteiger partial charge in [0.15, 0.2) is 0 Å². The second-order valence-electron chi connectivity index (χ2n) is 4.49. The first kappa shape index (κ1) is 12.6. The van der Waals surface area contributed by atoms with E-state index < -0.39 is 0 Å². The predicted octanol–water partition coefficient (Wildman–Crippen LogP) is 2.81. The Morgan fingerprint density at radius 2 is 2.24 bits per heavy atom. The van der Waals surface area contributed by atoms with Gasteiger partial charge in [-0.3, -0.25) is 0 Å². The molecular weight excluding hydrogens is 238 g/mol. The van der Waals surface area contributed by atoms with Gasteiger partial charge in [0.1, 0.15) is 16.8 Å². The first-order chi connectivity index (χ1) is 8.17. The van der Waals surface area contributed by atoms with E-state index in [4.69, 9.17) is 16.3 Å². The van der Waals surface area contributed by atoms with Gasteiger partial charge in [-0.05, 0) is 32.6 Å². The van der Waals surface area contributed by atoms with Crippen molar-refractivity contribution in [1.82, 2.24) is 9.97 Å². The van der Waals surface area contributed by atoms with E-state index in [9.17, 15) is 0 Å². The topological polar surface area (TPSA) is 47.0 Å². The van der Waals surface area contributed by atoms with Crippen LogP contribution in [0.5, 0.6) is 0 Å². The van der Waals surface area contributed by atoms with E-state index in [1.165, 1.54) is 6.42 Å². The van der Waals surface area contributed by atoms with Crippen LogP contribution in [0.1, 0.15) is 31.5 Å². The van der Waals surface area contributed by atoms with Crippen molar-refractivity contribution >= 4 is 17.4 Å². The van der Waals surface area contributed by atoms with E-state index in [-0.39, 0.29) is 0 Å². The normalized spacial score (nSPS) is 24.6. The number of halogens is 1. The van der Waals surface area contributed by atoms with Crippen molar-refractivity contribution in [3.63, 3.8) is 0 Å². The minimum Gasteiger partial charge on any atom is -0.381 e. The third kappa shape index (κ3) is 3.54. The number of anilines is 1. The molecule has 1 saturated carbocycles. The number of ether oxygens (including phenoxy) is 1. The molecule has 1 N–H and O–H groups in total. The first-order valence-corrected chi connectivity index (χ1v) is 6.35. The number of nitrogens with one attached hydrogen (secondary N) is 1. The van der Waals surface area contributed by atoms with Gasteiger partial charge < -0.3 is 10.1 Å². The Kier molecular flexibility index (Phi) is 4.18. The van der Waals surface area contributed by atoms with Crippen LogP contribution in [0.15, 0.2) is 6.07 Å². The van der Waals surface area contributed by atoms with Gasteiger partial charge in [-0.1, -0.05) is 11.6 Å². The standard InChI is InChI=1S/C12H18ClN3O/c1-8-14-11(13)7-12(15-8)16-9-4-3-5-10(6-9)17-2/h7,9-10H,3-6H2,1-2H3,(H,14,15,16). The Labute approximate surface area is 107 Å². The van der Waals surface area contributed by atoms with E-state index in [1.54, 1.807) is 13.2 Å². The molecule has 17 heavy (non-hydrogen) atoms. The lowest BCUT2D eigenvalue weighted by Crippen LogP contribution is -2.31. The average molecular weight is 256 g/mol. The van der Waals surface area contributed by atoms with E-state index in [1.807, 2.05) is 6.92 Å². The summed E-state index contributed by atoms with van der Waals surface area (Å²) in [4.78, 5) is 8.38. The molecule has 2 rings (SSSR count). The fraction of sp³-hybridized carbons (Fsp3) is 0.667. The highest BCUT2D eigenvalue weighted by Gasteiger charge is 2.21. The van der Waals surface area contributed by atoms with Crippen LogP contribution in [0.2, 0.25) is 5.15 Å². The Balaban J connectivity index is 2.00. The molecule has 4 nitrogen and oxygen atoms in total. The van der Waals surface area contributed by atoms with E-state index >= 15 is 0 Å². The van der Waals surface area contributed by atoms with Gasteiger partial charge in [-0.25, -0.2) is 9.97 Å². The molecule has 1 aliphatic rings. The van der Waals surface area contributed by atoms with Gasteiger partial charge in [-0.15, -0.1) is 0 Å². The molecule has 5 heteroatoms. The highest BCUT2D eigenvalue weighted by molar-refractivity contribution is 6.29. The molecule has 1 aromatic rings. The van der Waals surface area contributed by atoms with Crippen LogP contribution in [0.4, 0.5) is 5.82 Å². The highest BCUT2D eigenvalue weighted by Crippen LogP contribution is 2.23. The minimum atomic E-state index is 0.361. The maximum absolute atomic E-state index is 5.91. The Hall–Kier alpha value is -0.870. The summed E-state index contributed by atoms with van der Waals surface area (Å²) in [5.74, 6) is 1.50. The second-order valence-corrected chi connectivity index (χ2v) is 4.88. The predicted molar refractivity (Wildman–Crippen MR) is 68.5 cm³/mol. The summed E-state index contributed by atoms with van der Waals surface area (Å²) in [5, 5.41) is 3.90. The smallest absolute Gasteiger partial charge is 0.134 e. The van der Waals surface area contributed by atoms with Crippen molar-refractivity contribution in [2.75, 3.05) is 12.4 Å². The van der Waals surface area contributed by atoms with Crippen molar-refractivity contribution in [2.45, 2.75) is 44.8 Å². The van der Waals surface area contributed by atoms with Gasteiger partial charge in [0.2, 0.25) is 0 Å². The molecule has 0 spiro atoms. The molecule has 0 saturated heterocycles. The first-order valence-electron chi connectivity index (χ1n) is 5.98. The number of aryl methyl sites for hydroxylation is 1. The number of hydrogen-bond acceptors (Lipinski definition) is 4. The Bertz CT molecular complexity index is 366. The average Bonchev–Trinajstić information content (AvgIpc) is 2.28. The SMILES string of the molecule is COC1CCCC(Nc2cc(Cl)nc(C)n2)C1. The molecule has 0 aliphatic heterocycles. The summed E-state index contributed by atoms with van der Waals surface area (Å²) in [7, 11) is 1.78. The van der Waals surface area contributed by atoms with Crippen molar-refractivity contribution in [3.05, 3.63) is 17.0 Å². The van der Waals surface area contributed by atoms with Crippen LogP contribution in [-0.2, 0) is 4.74 Å². The van der Waals surface area contributed by atoms with Crippen LogP contribution in [0.25, 0.3) is 0 Å². The zero-order valence-corrected chi connectivity index (χ0v) is 11.0. The fourth-order valence-electron chi connectivity index (χ4n) is 2.30. The number of methoxy groups -OCH3 is 1. The molecule has 0 radical (unpaired) electrons. The largest absolute Gasteiger partial charge is 0.381 e. The number of rotatable bonds is 3. The van der Waals surface area contributed by atoms with Crippen molar-refractivity contribution < 1.29 is 4.74 Å². The fourth-order valence-corrected chi connectivity index (χ4v) is 2.53. The van der Waals surface area contributed by atoms with Gasteiger partial charge in [0.05, 0.1) is 6.10 Å². The third-order valence-corrected chi connectivity index (χ3v) is 3.31. The highest BCUT2D eigenvalue weighted by atomic mass is 35.5. The zero-order valence-electron chi connectivity index (χ0n) is 10.2. The van der Waals surface area contributed by atoms with Crippen molar-refractivity contribution in [2.24, 2.45) is 0 Å². The summed E-state index contributed by atoms with van der Waals surface area (Å²) in [5.41, 5.74) is 0. The van der Waals surface area contributed by atoms with Gasteiger partial charge in [0, 0.05) is 19.2 Å². The molecule has 1 aromatic heterocycles. The van der Waals surface area contributed by atoms with Crippen LogP contribution in [-0.4, -0.2) is 29.2 Å². The Morgan fingerprint density at radius 1 is 1.41 bits per heavy atom. The monoisotopic (exact) mass is 255 g/mol. The molecule has 0 amide bonds. The second kappa shape index (κ2) is 5.65. The Morgan fingerprint density at radius 3 is 2.94 bits per heavy atom. The van der Waals surface area contributed by atoms with Crippen molar-refractivity contribution in [3.8, 4) is 0 Å². The lowest BCUT2D eigenvalue weighted by atomic mass is 9.93. The van der Waals surface area contributed by atoms with Crippen molar-refractivity contribution in [1.29, 1.82) is 0 Å². The van der Waals surface area contributed by atoms with E-state index in [0.717, 1.165) is 25.1 Å². The van der Waals surface area contributed by atoms with Crippen LogP contribution < -0.4 is 5.32 Å². The number of nitrogens with zero attached hydrogens (tertiary/aromatic N) is 2. The molecule has 1 heterocycles. The lowest BCUT2D eigenvalue weighted by molar-refractivity contribution is 0.0669. The third-order valence-electron chi connectivity index (χ3n) is 3.12. The molecule has 1 fully saturated rings. The quantitative estimate of drug-likeness (QED) is 0.844. The van der Waals surface area contributed by atoms with Gasteiger partial charge in [0.25, 0.3) is 0 Å². The van der Waals surface area contributed by atoms with Crippen LogP contribution >= 0.6 is 11.6 Å². The molecule has 0 aromatic carbocycles.